The molecular formula is C60H39N3. The second kappa shape index (κ2) is 14.1. The first kappa shape index (κ1) is 35.4. The maximum absolute atomic E-state index is 2.43. The molecule has 13 rings (SSSR count). The summed E-state index contributed by atoms with van der Waals surface area (Å²) in [6.07, 6.45) is 0. The van der Waals surface area contributed by atoms with Crippen LogP contribution in [0.15, 0.2) is 237 Å². The molecule has 0 N–H and O–H groups in total. The molecule has 63 heavy (non-hydrogen) atoms. The molecule has 0 radical (unpaired) electrons. The van der Waals surface area contributed by atoms with Gasteiger partial charge in [-0.05, 0) is 124 Å². The third-order valence-electron chi connectivity index (χ3n) is 13.0. The first-order valence-electron chi connectivity index (χ1n) is 21.7. The van der Waals surface area contributed by atoms with E-state index in [1.54, 1.807) is 0 Å². The van der Waals surface area contributed by atoms with Crippen molar-refractivity contribution in [3.05, 3.63) is 237 Å². The fourth-order valence-corrected chi connectivity index (χ4v) is 10.1. The fraction of sp³-hybridized carbons (Fsp3) is 0. The van der Waals surface area contributed by atoms with Crippen LogP contribution in [0, 0.1) is 0 Å². The predicted molar refractivity (Wildman–Crippen MR) is 266 cm³/mol. The van der Waals surface area contributed by atoms with Crippen molar-refractivity contribution in [1.82, 2.24) is 13.7 Å². The molecule has 0 aliphatic carbocycles. The number of nitrogens with zero attached hydrogens (tertiary/aromatic N) is 3. The molecule has 0 aliphatic heterocycles. The monoisotopic (exact) mass is 801 g/mol. The van der Waals surface area contributed by atoms with E-state index < -0.39 is 0 Å². The van der Waals surface area contributed by atoms with Crippen molar-refractivity contribution < 1.29 is 0 Å². The molecule has 0 atom stereocenters. The van der Waals surface area contributed by atoms with Gasteiger partial charge in [-0.15, -0.1) is 0 Å². The Morgan fingerprint density at radius 3 is 0.921 bits per heavy atom. The van der Waals surface area contributed by atoms with E-state index in [-0.39, 0.29) is 0 Å². The Bertz CT molecular complexity index is 3900. The molecule has 0 amide bonds. The minimum atomic E-state index is 1.14. The second-order valence-electron chi connectivity index (χ2n) is 16.6. The Kier molecular flexibility index (Phi) is 7.91. The summed E-state index contributed by atoms with van der Waals surface area (Å²) in [4.78, 5) is 0. The zero-order valence-electron chi connectivity index (χ0n) is 34.4. The van der Waals surface area contributed by atoms with Gasteiger partial charge < -0.3 is 13.7 Å². The Balaban J connectivity index is 0.909. The van der Waals surface area contributed by atoms with Gasteiger partial charge in [0.25, 0.3) is 0 Å². The summed E-state index contributed by atoms with van der Waals surface area (Å²) >= 11 is 0. The number of hydrogen-bond donors (Lipinski definition) is 0. The van der Waals surface area contributed by atoms with Gasteiger partial charge in [0, 0.05) is 49.4 Å². The van der Waals surface area contributed by atoms with Gasteiger partial charge in [-0.1, -0.05) is 146 Å². The van der Waals surface area contributed by atoms with E-state index in [9.17, 15) is 0 Å². The molecule has 3 heteroatoms. The summed E-state index contributed by atoms with van der Waals surface area (Å²) in [5.74, 6) is 0. The molecule has 294 valence electrons. The minimum absolute atomic E-state index is 1.14. The van der Waals surface area contributed by atoms with Crippen LogP contribution in [0.5, 0.6) is 0 Å². The number of hydrogen-bond acceptors (Lipinski definition) is 0. The number of benzene rings is 10. The number of aromatic nitrogens is 3. The van der Waals surface area contributed by atoms with E-state index in [1.165, 1.54) is 104 Å². The van der Waals surface area contributed by atoms with Crippen molar-refractivity contribution in [2.75, 3.05) is 0 Å². The van der Waals surface area contributed by atoms with Gasteiger partial charge in [0.1, 0.15) is 0 Å². The summed E-state index contributed by atoms with van der Waals surface area (Å²) in [5.41, 5.74) is 17.9. The van der Waals surface area contributed by atoms with Gasteiger partial charge in [0.2, 0.25) is 0 Å². The van der Waals surface area contributed by atoms with Gasteiger partial charge in [-0.3, -0.25) is 0 Å². The topological polar surface area (TPSA) is 14.8 Å². The molecule has 0 unspecified atom stereocenters. The number of fused-ring (bicyclic) bond motifs is 9. The smallest absolute Gasteiger partial charge is 0.0541 e. The quantitative estimate of drug-likeness (QED) is 0.159. The lowest BCUT2D eigenvalue weighted by Crippen LogP contribution is -1.96. The molecule has 0 aliphatic rings. The van der Waals surface area contributed by atoms with Crippen LogP contribution in [-0.2, 0) is 0 Å². The van der Waals surface area contributed by atoms with E-state index in [2.05, 4.69) is 250 Å². The lowest BCUT2D eigenvalue weighted by Gasteiger charge is -2.13. The Morgan fingerprint density at radius 1 is 0.175 bits per heavy atom. The number of para-hydroxylation sites is 4. The summed E-state index contributed by atoms with van der Waals surface area (Å²) in [7, 11) is 0. The molecular weight excluding hydrogens is 763 g/mol. The molecule has 0 bridgehead atoms. The Labute approximate surface area is 364 Å². The minimum Gasteiger partial charge on any atom is -0.309 e. The van der Waals surface area contributed by atoms with Gasteiger partial charge in [0.15, 0.2) is 0 Å². The van der Waals surface area contributed by atoms with E-state index in [4.69, 9.17) is 0 Å². The van der Waals surface area contributed by atoms with Crippen molar-refractivity contribution in [3.8, 4) is 50.4 Å². The largest absolute Gasteiger partial charge is 0.309 e. The summed E-state index contributed by atoms with van der Waals surface area (Å²) in [6, 6.07) is 86.4. The van der Waals surface area contributed by atoms with Crippen molar-refractivity contribution in [1.29, 1.82) is 0 Å². The van der Waals surface area contributed by atoms with Crippen molar-refractivity contribution in [2.45, 2.75) is 0 Å². The standard InChI is InChI=1S/C60H39N3/c1-3-15-40(16-4-1)43-29-32-59-52(37-43)50-24-8-11-27-56(50)62(59)47-21-13-17-41(35-47)42-18-14-22-48(36-42)63-57-28-12-9-25-51(57)54-39-45(31-34-60(54)63)44-30-33-58-53(38-44)49-23-7-10-26-55(49)61(58)46-19-5-2-6-20-46/h1-39H. The Hall–Kier alpha value is -8.40. The molecule has 13 aromatic rings. The van der Waals surface area contributed by atoms with Gasteiger partial charge in [0.05, 0.1) is 33.1 Å². The molecule has 0 saturated heterocycles. The first-order chi connectivity index (χ1) is 31.2. The van der Waals surface area contributed by atoms with Gasteiger partial charge >= 0.3 is 0 Å². The molecule has 10 aromatic carbocycles. The fourth-order valence-electron chi connectivity index (χ4n) is 10.1. The highest BCUT2D eigenvalue weighted by molar-refractivity contribution is 6.13. The van der Waals surface area contributed by atoms with Crippen LogP contribution in [0.1, 0.15) is 0 Å². The SMILES string of the molecule is c1ccc(-c2ccc3c(c2)c2ccccc2n3-c2cccc(-c3cccc(-n4c5ccccc5c5cc(-c6ccc7c(c6)c6ccccc6n7-c6ccccc6)ccc54)c3)c2)cc1. The number of rotatable bonds is 6. The molecule has 3 heterocycles. The normalized spacial score (nSPS) is 11.8. The van der Waals surface area contributed by atoms with Crippen molar-refractivity contribution in [3.63, 3.8) is 0 Å². The predicted octanol–water partition coefficient (Wildman–Crippen LogP) is 16.0. The van der Waals surface area contributed by atoms with Crippen LogP contribution < -0.4 is 0 Å². The van der Waals surface area contributed by atoms with E-state index >= 15 is 0 Å². The first-order valence-corrected chi connectivity index (χ1v) is 21.7. The van der Waals surface area contributed by atoms with E-state index in [0.717, 1.165) is 11.4 Å². The third kappa shape index (κ3) is 5.60. The maximum atomic E-state index is 2.43. The van der Waals surface area contributed by atoms with Crippen molar-refractivity contribution in [2.24, 2.45) is 0 Å². The summed E-state index contributed by atoms with van der Waals surface area (Å²) < 4.78 is 7.22. The zero-order valence-corrected chi connectivity index (χ0v) is 34.4. The Morgan fingerprint density at radius 2 is 0.476 bits per heavy atom. The van der Waals surface area contributed by atoms with Gasteiger partial charge in [-0.25, -0.2) is 0 Å². The highest BCUT2D eigenvalue weighted by atomic mass is 15.0. The highest BCUT2D eigenvalue weighted by Gasteiger charge is 2.18. The van der Waals surface area contributed by atoms with Crippen molar-refractivity contribution >= 4 is 65.4 Å². The molecule has 3 aromatic heterocycles. The average Bonchev–Trinajstić information content (AvgIpc) is 3.99. The lowest BCUT2D eigenvalue weighted by atomic mass is 10.0. The summed E-state index contributed by atoms with van der Waals surface area (Å²) in [5, 5.41) is 7.50. The van der Waals surface area contributed by atoms with Crippen LogP contribution in [0.4, 0.5) is 0 Å². The van der Waals surface area contributed by atoms with Crippen LogP contribution >= 0.6 is 0 Å². The highest BCUT2D eigenvalue weighted by Crippen LogP contribution is 2.40. The maximum Gasteiger partial charge on any atom is 0.0541 e. The van der Waals surface area contributed by atoms with Crippen LogP contribution in [0.3, 0.4) is 0 Å². The zero-order chi connectivity index (χ0) is 41.4. The van der Waals surface area contributed by atoms with E-state index in [1.807, 2.05) is 0 Å². The molecule has 3 nitrogen and oxygen atoms in total. The third-order valence-corrected chi connectivity index (χ3v) is 13.0. The molecule has 0 saturated carbocycles. The average molecular weight is 802 g/mol. The summed E-state index contributed by atoms with van der Waals surface area (Å²) in [6.45, 7) is 0. The van der Waals surface area contributed by atoms with E-state index in [0.29, 0.717) is 0 Å². The van der Waals surface area contributed by atoms with Gasteiger partial charge in [-0.2, -0.15) is 0 Å². The second-order valence-corrected chi connectivity index (χ2v) is 16.6. The van der Waals surface area contributed by atoms with Crippen LogP contribution in [-0.4, -0.2) is 13.7 Å². The van der Waals surface area contributed by atoms with Crippen LogP contribution in [0.25, 0.3) is 116 Å². The molecule has 0 spiro atoms. The molecule has 0 fully saturated rings. The lowest BCUT2D eigenvalue weighted by molar-refractivity contribution is 1.17. The van der Waals surface area contributed by atoms with Crippen LogP contribution in [0.2, 0.25) is 0 Å².